The molecular formula is C16H25NS. The monoisotopic (exact) mass is 263 g/mol. The molecular weight excluding hydrogens is 238 g/mol. The van der Waals surface area contributed by atoms with Crippen LogP contribution in [0.1, 0.15) is 51.0 Å². The Morgan fingerprint density at radius 3 is 2.94 bits per heavy atom. The van der Waals surface area contributed by atoms with Crippen LogP contribution < -0.4 is 5.32 Å². The largest absolute Gasteiger partial charge is 0.314 e. The molecule has 0 aromatic heterocycles. The van der Waals surface area contributed by atoms with Gasteiger partial charge in [-0.05, 0) is 49.8 Å². The van der Waals surface area contributed by atoms with Crippen molar-refractivity contribution in [2.24, 2.45) is 0 Å². The normalized spacial score (nSPS) is 19.8. The van der Waals surface area contributed by atoms with Gasteiger partial charge in [-0.25, -0.2) is 0 Å². The molecule has 0 aliphatic carbocycles. The lowest BCUT2D eigenvalue weighted by atomic mass is 9.93. The molecule has 1 aromatic carbocycles. The van der Waals surface area contributed by atoms with Gasteiger partial charge in [0.1, 0.15) is 0 Å². The SMILES string of the molecule is CCCNC(CC)CCC1CSc2ccccc21. The Balaban J connectivity index is 1.84. The predicted molar refractivity (Wildman–Crippen MR) is 81.5 cm³/mol. The van der Waals surface area contributed by atoms with Crippen LogP contribution >= 0.6 is 11.8 Å². The molecule has 0 amide bonds. The maximum Gasteiger partial charge on any atom is 0.0107 e. The number of hydrogen-bond acceptors (Lipinski definition) is 2. The fourth-order valence-electron chi connectivity index (χ4n) is 2.67. The van der Waals surface area contributed by atoms with E-state index in [1.165, 1.54) is 36.3 Å². The van der Waals surface area contributed by atoms with Crippen LogP contribution in [-0.4, -0.2) is 18.3 Å². The number of benzene rings is 1. The number of fused-ring (bicyclic) bond motifs is 1. The lowest BCUT2D eigenvalue weighted by Gasteiger charge is -2.19. The van der Waals surface area contributed by atoms with E-state index < -0.39 is 0 Å². The van der Waals surface area contributed by atoms with Crippen LogP contribution in [-0.2, 0) is 0 Å². The quantitative estimate of drug-likeness (QED) is 0.781. The van der Waals surface area contributed by atoms with Crippen molar-refractivity contribution >= 4 is 11.8 Å². The van der Waals surface area contributed by atoms with Crippen molar-refractivity contribution in [3.8, 4) is 0 Å². The molecule has 100 valence electrons. The van der Waals surface area contributed by atoms with E-state index in [-0.39, 0.29) is 0 Å². The predicted octanol–water partition coefficient (Wildman–Crippen LogP) is 4.43. The van der Waals surface area contributed by atoms with Gasteiger partial charge >= 0.3 is 0 Å². The Morgan fingerprint density at radius 1 is 1.33 bits per heavy atom. The minimum Gasteiger partial charge on any atom is -0.314 e. The average molecular weight is 263 g/mol. The third-order valence-corrected chi connectivity index (χ3v) is 5.09. The Bertz CT molecular complexity index is 364. The molecule has 0 radical (unpaired) electrons. The highest BCUT2D eigenvalue weighted by Crippen LogP contribution is 2.41. The minimum atomic E-state index is 0.711. The Morgan fingerprint density at radius 2 is 2.17 bits per heavy atom. The highest BCUT2D eigenvalue weighted by Gasteiger charge is 2.22. The van der Waals surface area contributed by atoms with E-state index in [1.54, 1.807) is 5.56 Å². The molecule has 1 heterocycles. The van der Waals surface area contributed by atoms with Gasteiger partial charge in [0.25, 0.3) is 0 Å². The first-order chi connectivity index (χ1) is 8.85. The first-order valence-corrected chi connectivity index (χ1v) is 8.28. The van der Waals surface area contributed by atoms with Gasteiger partial charge in [0, 0.05) is 16.7 Å². The second-order valence-electron chi connectivity index (χ2n) is 5.18. The number of hydrogen-bond donors (Lipinski definition) is 1. The Labute approximate surface area is 116 Å². The molecule has 0 spiro atoms. The van der Waals surface area contributed by atoms with Gasteiger partial charge in [-0.15, -0.1) is 11.8 Å². The highest BCUT2D eigenvalue weighted by molar-refractivity contribution is 7.99. The van der Waals surface area contributed by atoms with Crippen LogP contribution in [0.2, 0.25) is 0 Å². The number of nitrogens with one attached hydrogen (secondary N) is 1. The number of rotatable bonds is 7. The summed E-state index contributed by atoms with van der Waals surface area (Å²) in [5.74, 6) is 2.06. The van der Waals surface area contributed by atoms with Crippen molar-refractivity contribution in [2.45, 2.75) is 56.4 Å². The summed E-state index contributed by atoms with van der Waals surface area (Å²) in [6.07, 6.45) is 5.13. The van der Waals surface area contributed by atoms with Gasteiger partial charge in [0.15, 0.2) is 0 Å². The van der Waals surface area contributed by atoms with Crippen molar-refractivity contribution in [1.29, 1.82) is 0 Å². The summed E-state index contributed by atoms with van der Waals surface area (Å²) in [6.45, 7) is 5.70. The summed E-state index contributed by atoms with van der Waals surface area (Å²) in [6, 6.07) is 9.64. The lowest BCUT2D eigenvalue weighted by Crippen LogP contribution is -2.29. The first kappa shape index (κ1) is 14.0. The smallest absolute Gasteiger partial charge is 0.0107 e. The van der Waals surface area contributed by atoms with Crippen LogP contribution in [0.25, 0.3) is 0 Å². The Kier molecular flexibility index (Phi) is 5.58. The van der Waals surface area contributed by atoms with Crippen LogP contribution in [0.15, 0.2) is 29.2 Å². The van der Waals surface area contributed by atoms with Crippen molar-refractivity contribution in [1.82, 2.24) is 5.32 Å². The summed E-state index contributed by atoms with van der Waals surface area (Å²) in [5.41, 5.74) is 1.59. The van der Waals surface area contributed by atoms with Crippen molar-refractivity contribution < 1.29 is 0 Å². The van der Waals surface area contributed by atoms with Crippen molar-refractivity contribution in [2.75, 3.05) is 12.3 Å². The van der Waals surface area contributed by atoms with E-state index in [4.69, 9.17) is 0 Å². The summed E-state index contributed by atoms with van der Waals surface area (Å²) in [4.78, 5) is 1.51. The maximum absolute atomic E-state index is 3.66. The molecule has 0 saturated heterocycles. The first-order valence-electron chi connectivity index (χ1n) is 7.30. The molecule has 1 aliphatic rings. The average Bonchev–Trinajstić information content (AvgIpc) is 2.82. The fraction of sp³-hybridized carbons (Fsp3) is 0.625. The third-order valence-electron chi connectivity index (χ3n) is 3.84. The molecule has 1 nitrogen and oxygen atoms in total. The molecule has 2 heteroatoms. The standard InChI is InChI=1S/C16H25NS/c1-3-11-17-14(4-2)10-9-13-12-18-16-8-6-5-7-15(13)16/h5-8,13-14,17H,3-4,9-12H2,1-2H3. The van der Waals surface area contributed by atoms with E-state index in [9.17, 15) is 0 Å². The van der Waals surface area contributed by atoms with Crippen LogP contribution in [0.5, 0.6) is 0 Å². The van der Waals surface area contributed by atoms with Gasteiger partial charge in [0.2, 0.25) is 0 Å². The summed E-state index contributed by atoms with van der Waals surface area (Å²) in [5, 5.41) is 3.66. The van der Waals surface area contributed by atoms with Gasteiger partial charge in [0.05, 0.1) is 0 Å². The molecule has 0 fully saturated rings. The van der Waals surface area contributed by atoms with Crippen molar-refractivity contribution in [3.05, 3.63) is 29.8 Å². The molecule has 0 saturated carbocycles. The molecule has 18 heavy (non-hydrogen) atoms. The van der Waals surface area contributed by atoms with E-state index in [0.717, 1.165) is 12.5 Å². The van der Waals surface area contributed by atoms with Gasteiger partial charge in [-0.1, -0.05) is 32.0 Å². The third kappa shape index (κ3) is 3.52. The zero-order chi connectivity index (χ0) is 12.8. The Hall–Kier alpha value is -0.470. The summed E-state index contributed by atoms with van der Waals surface area (Å²) < 4.78 is 0. The summed E-state index contributed by atoms with van der Waals surface area (Å²) >= 11 is 2.03. The second kappa shape index (κ2) is 7.20. The van der Waals surface area contributed by atoms with Gasteiger partial charge < -0.3 is 5.32 Å². The highest BCUT2D eigenvalue weighted by atomic mass is 32.2. The number of thioether (sulfide) groups is 1. The minimum absolute atomic E-state index is 0.711. The van der Waals surface area contributed by atoms with E-state index in [0.29, 0.717) is 6.04 Å². The van der Waals surface area contributed by atoms with Gasteiger partial charge in [-0.3, -0.25) is 0 Å². The summed E-state index contributed by atoms with van der Waals surface area (Å²) in [7, 11) is 0. The molecule has 2 unspecified atom stereocenters. The van der Waals surface area contributed by atoms with Crippen LogP contribution in [0, 0.1) is 0 Å². The van der Waals surface area contributed by atoms with E-state index in [1.807, 2.05) is 11.8 Å². The van der Waals surface area contributed by atoms with Gasteiger partial charge in [-0.2, -0.15) is 0 Å². The molecule has 0 bridgehead atoms. The fourth-order valence-corrected chi connectivity index (χ4v) is 3.97. The molecule has 1 N–H and O–H groups in total. The maximum atomic E-state index is 3.66. The zero-order valence-corrected chi connectivity index (χ0v) is 12.4. The molecule has 1 aromatic rings. The van der Waals surface area contributed by atoms with E-state index >= 15 is 0 Å². The zero-order valence-electron chi connectivity index (χ0n) is 11.6. The van der Waals surface area contributed by atoms with Crippen molar-refractivity contribution in [3.63, 3.8) is 0 Å². The second-order valence-corrected chi connectivity index (χ2v) is 6.24. The molecule has 1 aliphatic heterocycles. The lowest BCUT2D eigenvalue weighted by molar-refractivity contribution is 0.442. The topological polar surface area (TPSA) is 12.0 Å². The van der Waals surface area contributed by atoms with E-state index in [2.05, 4.69) is 43.4 Å². The van der Waals surface area contributed by atoms with Crippen LogP contribution in [0.4, 0.5) is 0 Å². The molecule has 2 atom stereocenters. The van der Waals surface area contributed by atoms with Crippen LogP contribution in [0.3, 0.4) is 0 Å². The molecule has 2 rings (SSSR count).